The molecule has 0 spiro atoms. The van der Waals surface area contributed by atoms with Crippen LogP contribution in [0.1, 0.15) is 18.7 Å². The molecule has 0 aliphatic heterocycles. The minimum absolute atomic E-state index is 0.760. The summed E-state index contributed by atoms with van der Waals surface area (Å²) < 4.78 is 2.12. The molecule has 2 rings (SSSR count). The highest BCUT2D eigenvalue weighted by Gasteiger charge is 2.19. The van der Waals surface area contributed by atoms with E-state index in [9.17, 15) is 0 Å². The normalized spacial score (nSPS) is 15.8. The topological polar surface area (TPSA) is 29.9 Å². The van der Waals surface area contributed by atoms with Gasteiger partial charge in [-0.25, -0.2) is 4.98 Å². The first-order valence-electron chi connectivity index (χ1n) is 5.13. The molecule has 1 aromatic heterocycles. The first-order chi connectivity index (χ1) is 6.75. The Hall–Kier alpha value is -1.09. The van der Waals surface area contributed by atoms with Crippen LogP contribution >= 0.6 is 0 Å². The van der Waals surface area contributed by atoms with E-state index in [2.05, 4.69) is 21.4 Å². The number of rotatable bonds is 5. The molecule has 1 saturated carbocycles. The minimum Gasteiger partial charge on any atom is -0.331 e. The number of nitrogens with zero attached hydrogens (tertiary/aromatic N) is 2. The van der Waals surface area contributed by atoms with Gasteiger partial charge in [-0.2, -0.15) is 0 Å². The number of aromatic nitrogens is 2. The molecule has 76 valence electrons. The number of hydrogen-bond acceptors (Lipinski definition) is 2. The van der Waals surface area contributed by atoms with Crippen LogP contribution in [-0.2, 0) is 6.54 Å². The predicted octanol–water partition coefficient (Wildman–Crippen LogP) is 1.50. The molecule has 0 radical (unpaired) electrons. The molecule has 1 aliphatic rings. The number of aryl methyl sites for hydroxylation is 1. The summed E-state index contributed by atoms with van der Waals surface area (Å²) in [6, 6.07) is 0.760. The van der Waals surface area contributed by atoms with E-state index < -0.39 is 0 Å². The fourth-order valence-corrected chi connectivity index (χ4v) is 1.44. The molecule has 0 aromatic carbocycles. The fourth-order valence-electron chi connectivity index (χ4n) is 1.44. The lowest BCUT2D eigenvalue weighted by molar-refractivity contribution is 0.672. The van der Waals surface area contributed by atoms with Crippen molar-refractivity contribution in [1.29, 1.82) is 0 Å². The lowest BCUT2D eigenvalue weighted by atomic mass is 10.3. The molecule has 1 fully saturated rings. The van der Waals surface area contributed by atoms with E-state index in [1.807, 2.05) is 19.3 Å². The van der Waals surface area contributed by atoms with Crippen molar-refractivity contribution < 1.29 is 0 Å². The highest BCUT2D eigenvalue weighted by Crippen LogP contribution is 2.18. The summed E-state index contributed by atoms with van der Waals surface area (Å²) in [5.41, 5.74) is 1.22. The van der Waals surface area contributed by atoms with Crippen molar-refractivity contribution in [2.75, 3.05) is 6.54 Å². The van der Waals surface area contributed by atoms with Gasteiger partial charge in [0.1, 0.15) is 5.82 Å². The molecule has 3 nitrogen and oxygen atoms in total. The Morgan fingerprint density at radius 2 is 2.50 bits per heavy atom. The summed E-state index contributed by atoms with van der Waals surface area (Å²) in [4.78, 5) is 4.18. The van der Waals surface area contributed by atoms with Gasteiger partial charge >= 0.3 is 0 Å². The Kier molecular flexibility index (Phi) is 2.68. The molecule has 1 N–H and O–H groups in total. The van der Waals surface area contributed by atoms with Crippen molar-refractivity contribution in [2.45, 2.75) is 32.4 Å². The number of nitrogens with one attached hydrogen (secondary N) is 1. The Morgan fingerprint density at radius 3 is 3.07 bits per heavy atom. The van der Waals surface area contributed by atoms with Crippen molar-refractivity contribution in [3.63, 3.8) is 0 Å². The van der Waals surface area contributed by atoms with Crippen LogP contribution in [0.15, 0.2) is 24.5 Å². The maximum atomic E-state index is 4.18. The van der Waals surface area contributed by atoms with Crippen LogP contribution in [0.3, 0.4) is 0 Å². The molecule has 14 heavy (non-hydrogen) atoms. The average Bonchev–Trinajstić information content (AvgIpc) is 2.90. The van der Waals surface area contributed by atoms with Gasteiger partial charge in [-0.3, -0.25) is 0 Å². The van der Waals surface area contributed by atoms with E-state index in [0.717, 1.165) is 25.0 Å². The largest absolute Gasteiger partial charge is 0.331 e. The van der Waals surface area contributed by atoms with Gasteiger partial charge in [0.25, 0.3) is 0 Å². The highest BCUT2D eigenvalue weighted by atomic mass is 15.1. The van der Waals surface area contributed by atoms with Gasteiger partial charge in [0.15, 0.2) is 0 Å². The van der Waals surface area contributed by atoms with Crippen molar-refractivity contribution in [3.8, 4) is 0 Å². The average molecular weight is 191 g/mol. The zero-order valence-electron chi connectivity index (χ0n) is 8.66. The van der Waals surface area contributed by atoms with E-state index in [1.165, 1.54) is 18.4 Å². The highest BCUT2D eigenvalue weighted by molar-refractivity contribution is 5.02. The molecule has 0 bridgehead atoms. The third-order valence-electron chi connectivity index (χ3n) is 2.54. The summed E-state index contributed by atoms with van der Waals surface area (Å²) in [5.74, 6) is 1.05. The number of hydrogen-bond donors (Lipinski definition) is 1. The van der Waals surface area contributed by atoms with Crippen LogP contribution < -0.4 is 5.32 Å². The maximum Gasteiger partial charge on any atom is 0.105 e. The molecule has 0 amide bonds. The van der Waals surface area contributed by atoms with Crippen LogP contribution in [-0.4, -0.2) is 22.1 Å². The molecular formula is C11H17N3. The van der Waals surface area contributed by atoms with Crippen LogP contribution in [0.4, 0.5) is 0 Å². The zero-order valence-corrected chi connectivity index (χ0v) is 8.66. The summed E-state index contributed by atoms with van der Waals surface area (Å²) in [6.45, 7) is 7.89. The standard InChI is InChI=1S/C11H17N3/c1-9(7-13-11-3-4-11)8-14-6-5-12-10(14)2/h5-6,11,13H,1,3-4,7-8H2,2H3. The van der Waals surface area contributed by atoms with E-state index in [0.29, 0.717) is 0 Å². The first-order valence-corrected chi connectivity index (χ1v) is 5.13. The van der Waals surface area contributed by atoms with Gasteiger partial charge < -0.3 is 9.88 Å². The fraction of sp³-hybridized carbons (Fsp3) is 0.545. The summed E-state index contributed by atoms with van der Waals surface area (Å²) in [6.07, 6.45) is 6.49. The van der Waals surface area contributed by atoms with Crippen molar-refractivity contribution in [2.24, 2.45) is 0 Å². The zero-order chi connectivity index (χ0) is 9.97. The minimum atomic E-state index is 0.760. The van der Waals surface area contributed by atoms with Gasteiger partial charge in [-0.1, -0.05) is 6.58 Å². The Balaban J connectivity index is 1.78. The third-order valence-corrected chi connectivity index (χ3v) is 2.54. The van der Waals surface area contributed by atoms with Crippen LogP contribution in [0, 0.1) is 6.92 Å². The molecule has 1 heterocycles. The van der Waals surface area contributed by atoms with E-state index in [1.54, 1.807) is 0 Å². The molecule has 0 atom stereocenters. The SMILES string of the molecule is C=C(CNC1CC1)Cn1ccnc1C. The molecule has 1 aromatic rings. The Bertz CT molecular complexity index is 323. The predicted molar refractivity (Wildman–Crippen MR) is 57.1 cm³/mol. The van der Waals surface area contributed by atoms with Gasteiger partial charge in [0.2, 0.25) is 0 Å². The second kappa shape index (κ2) is 3.96. The second-order valence-corrected chi connectivity index (χ2v) is 4.01. The number of imidazole rings is 1. The van der Waals surface area contributed by atoms with Crippen molar-refractivity contribution in [3.05, 3.63) is 30.4 Å². The first kappa shape index (κ1) is 9.46. The van der Waals surface area contributed by atoms with E-state index in [4.69, 9.17) is 0 Å². The van der Waals surface area contributed by atoms with Gasteiger partial charge in [0.05, 0.1) is 0 Å². The molecular weight excluding hydrogens is 174 g/mol. The molecule has 0 saturated heterocycles. The third kappa shape index (κ3) is 2.45. The van der Waals surface area contributed by atoms with Crippen LogP contribution in [0.5, 0.6) is 0 Å². The van der Waals surface area contributed by atoms with Crippen molar-refractivity contribution in [1.82, 2.24) is 14.9 Å². The van der Waals surface area contributed by atoms with Crippen molar-refractivity contribution >= 4 is 0 Å². The Morgan fingerprint density at radius 1 is 1.71 bits per heavy atom. The summed E-state index contributed by atoms with van der Waals surface area (Å²) in [7, 11) is 0. The van der Waals surface area contributed by atoms with E-state index >= 15 is 0 Å². The molecule has 0 unspecified atom stereocenters. The lowest BCUT2D eigenvalue weighted by Gasteiger charge is -2.08. The second-order valence-electron chi connectivity index (χ2n) is 4.01. The lowest BCUT2D eigenvalue weighted by Crippen LogP contribution is -2.20. The summed E-state index contributed by atoms with van der Waals surface area (Å²) in [5, 5.41) is 3.45. The van der Waals surface area contributed by atoms with Crippen LogP contribution in [0.25, 0.3) is 0 Å². The van der Waals surface area contributed by atoms with E-state index in [-0.39, 0.29) is 0 Å². The monoisotopic (exact) mass is 191 g/mol. The van der Waals surface area contributed by atoms with Gasteiger partial charge in [-0.05, 0) is 25.3 Å². The van der Waals surface area contributed by atoms with Gasteiger partial charge in [-0.15, -0.1) is 0 Å². The van der Waals surface area contributed by atoms with Gasteiger partial charge in [0, 0.05) is 31.5 Å². The Labute approximate surface area is 84.8 Å². The van der Waals surface area contributed by atoms with Crippen LogP contribution in [0.2, 0.25) is 0 Å². The molecule has 1 aliphatic carbocycles. The summed E-state index contributed by atoms with van der Waals surface area (Å²) >= 11 is 0. The quantitative estimate of drug-likeness (QED) is 0.715. The smallest absolute Gasteiger partial charge is 0.105 e. The maximum absolute atomic E-state index is 4.18. The molecule has 3 heteroatoms.